The van der Waals surface area contributed by atoms with Gasteiger partial charge in [0, 0.05) is 0 Å². The van der Waals surface area contributed by atoms with Crippen LogP contribution in [-0.4, -0.2) is 0 Å². The fraction of sp³-hybridized carbons (Fsp3) is 0.636. The summed E-state index contributed by atoms with van der Waals surface area (Å²) in [5.74, 6) is 0. The van der Waals surface area contributed by atoms with Gasteiger partial charge in [0.05, 0.1) is 0 Å². The molecule has 0 N–H and O–H groups in total. The van der Waals surface area contributed by atoms with Gasteiger partial charge in [-0.15, -0.1) is 0 Å². The summed E-state index contributed by atoms with van der Waals surface area (Å²) in [7, 11) is 0. The number of hydrogen-bond acceptors (Lipinski definition) is 0. The van der Waals surface area contributed by atoms with E-state index >= 15 is 0 Å². The summed E-state index contributed by atoms with van der Waals surface area (Å²) in [6.07, 6.45) is 37.5. The minimum atomic E-state index is 1.11. The lowest BCUT2D eigenvalue weighted by molar-refractivity contribution is 0.541. The van der Waals surface area contributed by atoms with Crippen molar-refractivity contribution in [1.29, 1.82) is 0 Å². The lowest BCUT2D eigenvalue weighted by atomic mass is 10.0. The standard InChI is InChI=1S/C22H35/c1-2-4-6-8-10-12-14-16-18-20-22-21-19-17-15-13-11-9-7-5-3-1/h1-7H,8,10-22H2/b2-1-,5-3+,6-4+,9-7?. The van der Waals surface area contributed by atoms with E-state index in [2.05, 4.69) is 48.6 Å². The maximum absolute atomic E-state index is 3.36. The van der Waals surface area contributed by atoms with Crippen LogP contribution in [0.1, 0.15) is 89.9 Å². The van der Waals surface area contributed by atoms with Gasteiger partial charge in [0.25, 0.3) is 0 Å². The molecule has 1 aliphatic carbocycles. The van der Waals surface area contributed by atoms with Gasteiger partial charge in [0.15, 0.2) is 0 Å². The Labute approximate surface area is 139 Å². The van der Waals surface area contributed by atoms with Gasteiger partial charge in [-0.05, 0) is 31.8 Å². The summed E-state index contributed by atoms with van der Waals surface area (Å²) in [5, 5.41) is 0. The van der Waals surface area contributed by atoms with Crippen LogP contribution in [0.5, 0.6) is 0 Å². The zero-order valence-corrected chi connectivity index (χ0v) is 14.4. The second-order valence-electron chi connectivity index (χ2n) is 6.35. The second-order valence-corrected chi connectivity index (χ2v) is 6.35. The van der Waals surface area contributed by atoms with Gasteiger partial charge in [-0.1, -0.05) is 107 Å². The highest BCUT2D eigenvalue weighted by molar-refractivity contribution is 5.14. The molecule has 0 heteroatoms. The summed E-state index contributed by atoms with van der Waals surface area (Å²) >= 11 is 0. The van der Waals surface area contributed by atoms with Gasteiger partial charge >= 0.3 is 0 Å². The number of allylic oxidation sites excluding steroid dienone is 8. The molecule has 1 rings (SSSR count). The minimum Gasteiger partial charge on any atom is -0.0845 e. The molecule has 0 aromatic rings. The molecule has 123 valence electrons. The molecule has 0 aromatic carbocycles. The average molecular weight is 300 g/mol. The van der Waals surface area contributed by atoms with Crippen LogP contribution in [0.4, 0.5) is 0 Å². The molecule has 0 aliphatic heterocycles. The summed E-state index contributed by atoms with van der Waals surface area (Å²) in [6, 6.07) is 0. The summed E-state index contributed by atoms with van der Waals surface area (Å²) in [6.45, 7) is 0. The molecule has 22 heavy (non-hydrogen) atoms. The van der Waals surface area contributed by atoms with E-state index in [0.29, 0.717) is 0 Å². The van der Waals surface area contributed by atoms with Crippen molar-refractivity contribution >= 4 is 0 Å². The minimum absolute atomic E-state index is 1.11. The highest BCUT2D eigenvalue weighted by Gasteiger charge is 1.93. The first-order valence-corrected chi connectivity index (χ1v) is 9.55. The molecule has 0 saturated heterocycles. The lowest BCUT2D eigenvalue weighted by Crippen LogP contribution is -1.83. The Morgan fingerprint density at radius 2 is 0.955 bits per heavy atom. The first-order valence-electron chi connectivity index (χ1n) is 9.55. The molecule has 0 saturated carbocycles. The Morgan fingerprint density at radius 3 is 1.64 bits per heavy atom. The zero-order valence-electron chi connectivity index (χ0n) is 14.4. The van der Waals surface area contributed by atoms with Crippen LogP contribution in [0.2, 0.25) is 0 Å². The highest BCUT2D eigenvalue weighted by Crippen LogP contribution is 2.13. The fourth-order valence-electron chi connectivity index (χ4n) is 2.83. The molecular formula is C22H35. The third kappa shape index (κ3) is 13.9. The maximum atomic E-state index is 3.36. The van der Waals surface area contributed by atoms with E-state index in [-0.39, 0.29) is 0 Å². The first kappa shape index (κ1) is 19.0. The Kier molecular flexibility index (Phi) is 14.1. The Bertz CT molecular complexity index is 296. The topological polar surface area (TPSA) is 0 Å². The molecular weight excluding hydrogens is 264 g/mol. The van der Waals surface area contributed by atoms with Gasteiger partial charge in [-0.25, -0.2) is 0 Å². The third-order valence-corrected chi connectivity index (χ3v) is 4.24. The molecule has 0 amide bonds. The SMILES string of the molecule is [C]1=C/C=C/C=C\C=C\CCCCCCCCCCCCCC/1. The normalized spacial score (nSPS) is 26.9. The van der Waals surface area contributed by atoms with Gasteiger partial charge in [0.2, 0.25) is 0 Å². The van der Waals surface area contributed by atoms with Gasteiger partial charge in [-0.2, -0.15) is 0 Å². The molecule has 0 heterocycles. The van der Waals surface area contributed by atoms with Crippen molar-refractivity contribution in [3.8, 4) is 0 Å². The summed E-state index contributed by atoms with van der Waals surface area (Å²) < 4.78 is 0. The Balaban J connectivity index is 2.22. The van der Waals surface area contributed by atoms with Gasteiger partial charge < -0.3 is 0 Å². The van der Waals surface area contributed by atoms with Crippen molar-refractivity contribution in [3.05, 3.63) is 48.6 Å². The predicted molar refractivity (Wildman–Crippen MR) is 99.9 cm³/mol. The van der Waals surface area contributed by atoms with Gasteiger partial charge in [0.1, 0.15) is 0 Å². The van der Waals surface area contributed by atoms with E-state index in [1.165, 1.54) is 83.5 Å². The second kappa shape index (κ2) is 16.3. The maximum Gasteiger partial charge on any atom is -0.0276 e. The molecule has 0 nitrogen and oxygen atoms in total. The summed E-state index contributed by atoms with van der Waals surface area (Å²) in [4.78, 5) is 0. The molecule has 1 aliphatic rings. The van der Waals surface area contributed by atoms with Crippen LogP contribution in [-0.2, 0) is 0 Å². The zero-order chi connectivity index (χ0) is 15.6. The lowest BCUT2D eigenvalue weighted by Gasteiger charge is -2.02. The van der Waals surface area contributed by atoms with E-state index in [1.807, 2.05) is 0 Å². The quantitative estimate of drug-likeness (QED) is 0.434. The monoisotopic (exact) mass is 299 g/mol. The number of hydrogen-bond donors (Lipinski definition) is 0. The van der Waals surface area contributed by atoms with E-state index in [1.54, 1.807) is 0 Å². The fourth-order valence-corrected chi connectivity index (χ4v) is 2.83. The van der Waals surface area contributed by atoms with Crippen LogP contribution >= 0.6 is 0 Å². The van der Waals surface area contributed by atoms with Crippen molar-refractivity contribution < 1.29 is 0 Å². The molecule has 1 radical (unpaired) electrons. The molecule has 0 bridgehead atoms. The molecule has 0 spiro atoms. The van der Waals surface area contributed by atoms with Crippen molar-refractivity contribution in [1.82, 2.24) is 0 Å². The van der Waals surface area contributed by atoms with E-state index in [4.69, 9.17) is 0 Å². The highest BCUT2D eigenvalue weighted by atomic mass is 14.0. The van der Waals surface area contributed by atoms with Crippen molar-refractivity contribution in [2.24, 2.45) is 0 Å². The van der Waals surface area contributed by atoms with Crippen LogP contribution in [0, 0.1) is 6.08 Å². The van der Waals surface area contributed by atoms with E-state index in [9.17, 15) is 0 Å². The van der Waals surface area contributed by atoms with Gasteiger partial charge in [-0.3, -0.25) is 0 Å². The molecule has 0 fully saturated rings. The smallest absolute Gasteiger partial charge is 0.0276 e. The van der Waals surface area contributed by atoms with Crippen molar-refractivity contribution in [2.45, 2.75) is 89.9 Å². The Morgan fingerprint density at radius 1 is 0.455 bits per heavy atom. The van der Waals surface area contributed by atoms with E-state index < -0.39 is 0 Å². The average Bonchev–Trinajstić information content (AvgIpc) is 2.53. The molecule has 0 atom stereocenters. The molecule has 0 aromatic heterocycles. The van der Waals surface area contributed by atoms with Crippen LogP contribution in [0.25, 0.3) is 0 Å². The third-order valence-electron chi connectivity index (χ3n) is 4.24. The van der Waals surface area contributed by atoms with Crippen molar-refractivity contribution in [3.63, 3.8) is 0 Å². The van der Waals surface area contributed by atoms with Crippen LogP contribution in [0.15, 0.2) is 42.5 Å². The van der Waals surface area contributed by atoms with Crippen LogP contribution < -0.4 is 0 Å². The van der Waals surface area contributed by atoms with Crippen LogP contribution in [0.3, 0.4) is 0 Å². The predicted octanol–water partition coefficient (Wildman–Crippen LogP) is 7.49. The summed E-state index contributed by atoms with van der Waals surface area (Å²) in [5.41, 5.74) is 0. The largest absolute Gasteiger partial charge is 0.0845 e. The molecule has 0 unspecified atom stereocenters. The van der Waals surface area contributed by atoms with Crippen molar-refractivity contribution in [2.75, 3.05) is 0 Å². The first-order chi connectivity index (χ1) is 11.0. The number of rotatable bonds is 0. The van der Waals surface area contributed by atoms with E-state index in [0.717, 1.165) is 6.42 Å². The Hall–Kier alpha value is -1.04.